The Morgan fingerprint density at radius 2 is 1.91 bits per heavy atom. The lowest BCUT2D eigenvalue weighted by atomic mass is 9.71. The molecular weight excluding hydrogens is 576 g/mol. The molecule has 2 aromatic rings. The van der Waals surface area contributed by atoms with Crippen LogP contribution < -0.4 is 19.9 Å². The van der Waals surface area contributed by atoms with Crippen molar-refractivity contribution in [1.29, 1.82) is 5.26 Å². The Balaban J connectivity index is 1.70. The Labute approximate surface area is 253 Å². The Morgan fingerprint density at radius 3 is 2.56 bits per heavy atom. The molecule has 0 radical (unpaired) electrons. The number of nitrogens with zero attached hydrogens (tertiary/aromatic N) is 3. The molecule has 6 atom stereocenters. The molecule has 0 spiro atoms. The van der Waals surface area contributed by atoms with E-state index in [1.807, 2.05) is 24.9 Å². The van der Waals surface area contributed by atoms with Gasteiger partial charge in [-0.05, 0) is 44.2 Å². The first-order valence-electron chi connectivity index (χ1n) is 14.1. The molecule has 43 heavy (non-hydrogen) atoms. The number of likely N-dealkylation sites (N-methyl/N-ethyl adjacent to an activating group) is 1. The summed E-state index contributed by atoms with van der Waals surface area (Å²) in [5.74, 6) is 0.949. The molecule has 4 aliphatic rings. The largest absolute Gasteiger partial charge is 0.504 e. The number of esters is 1. The predicted octanol–water partition coefficient (Wildman–Crippen LogP) is 3.49. The molecule has 2 aromatic carbocycles. The van der Waals surface area contributed by atoms with E-state index in [1.54, 1.807) is 25.6 Å². The van der Waals surface area contributed by atoms with E-state index in [4.69, 9.17) is 24.7 Å². The molecule has 1 unspecified atom stereocenters. The van der Waals surface area contributed by atoms with Crippen molar-refractivity contribution in [3.8, 4) is 34.8 Å². The summed E-state index contributed by atoms with van der Waals surface area (Å²) in [7, 11) is 1.92. The monoisotopic (exact) mass is 610 g/mol. The van der Waals surface area contributed by atoms with E-state index in [0.717, 1.165) is 5.56 Å². The number of hydrogen-bond acceptors (Lipinski definition) is 12. The number of aryl methyl sites for hydroxylation is 1. The number of benzene rings is 2. The van der Waals surface area contributed by atoms with Gasteiger partial charge in [-0.15, -0.1) is 0 Å². The minimum atomic E-state index is -0.976. The van der Waals surface area contributed by atoms with Crippen molar-refractivity contribution in [3.05, 3.63) is 39.4 Å². The molecule has 1 saturated heterocycles. The average molecular weight is 611 g/mol. The van der Waals surface area contributed by atoms with Crippen molar-refractivity contribution in [2.24, 2.45) is 5.73 Å². The maximum atomic E-state index is 12.5. The van der Waals surface area contributed by atoms with Gasteiger partial charge >= 0.3 is 12.1 Å². The molecule has 0 aliphatic carbocycles. The Kier molecular flexibility index (Phi) is 7.27. The molecule has 2 bridgehead atoms. The maximum Gasteiger partial charge on any atom is 0.404 e. The maximum absolute atomic E-state index is 12.5. The van der Waals surface area contributed by atoms with Crippen LogP contribution in [0.1, 0.15) is 64.6 Å². The summed E-state index contributed by atoms with van der Waals surface area (Å²) in [5, 5.41) is 32.6. The van der Waals surface area contributed by atoms with Gasteiger partial charge in [0.05, 0.1) is 23.4 Å². The molecule has 12 nitrogen and oxygen atoms in total. The second-order valence-electron chi connectivity index (χ2n) is 11.3. The van der Waals surface area contributed by atoms with E-state index >= 15 is 0 Å². The molecule has 6 rings (SSSR count). The minimum absolute atomic E-state index is 0.0555. The number of aromatic hydroxyl groups is 2. The molecule has 1 fully saturated rings. The molecule has 1 amide bonds. The summed E-state index contributed by atoms with van der Waals surface area (Å²) in [6.07, 6.45) is -0.527. The van der Waals surface area contributed by atoms with E-state index in [9.17, 15) is 25.1 Å². The van der Waals surface area contributed by atoms with Crippen LogP contribution in [0.3, 0.4) is 0 Å². The van der Waals surface area contributed by atoms with Crippen molar-refractivity contribution in [2.45, 2.75) is 69.6 Å². The SMILES string of the molecule is CCS[C@@H]1c2c(OC(C)=O)c(C)c3c(c2[C@H](COC(N)=O)N2C1[C@H]1c4c(cc(C)c(O)c4O)C[C@@H]([C@@H]2C#N)N1C)OCO3. The van der Waals surface area contributed by atoms with E-state index < -0.39 is 41.5 Å². The van der Waals surface area contributed by atoms with Gasteiger partial charge in [0.25, 0.3) is 0 Å². The molecular formula is C30H34N4O8S. The third-order valence-corrected chi connectivity index (χ3v) is 10.3. The van der Waals surface area contributed by atoms with E-state index in [-0.39, 0.29) is 30.9 Å². The van der Waals surface area contributed by atoms with Crippen LogP contribution in [-0.2, 0) is 16.0 Å². The van der Waals surface area contributed by atoms with Gasteiger partial charge in [-0.2, -0.15) is 17.0 Å². The van der Waals surface area contributed by atoms with Gasteiger partial charge < -0.3 is 34.9 Å². The molecule has 4 N–H and O–H groups in total. The smallest absolute Gasteiger partial charge is 0.404 e. The Morgan fingerprint density at radius 1 is 1.19 bits per heavy atom. The quantitative estimate of drug-likeness (QED) is 0.256. The lowest BCUT2D eigenvalue weighted by molar-refractivity contribution is -0.132. The van der Waals surface area contributed by atoms with Gasteiger partial charge in [-0.1, -0.05) is 13.0 Å². The van der Waals surface area contributed by atoms with Crippen LogP contribution in [0.25, 0.3) is 0 Å². The number of phenols is 2. The Bertz CT molecular complexity index is 1570. The number of primary amides is 1. The van der Waals surface area contributed by atoms with Crippen LogP contribution >= 0.6 is 11.8 Å². The van der Waals surface area contributed by atoms with E-state index in [0.29, 0.717) is 57.2 Å². The number of carbonyl (C=O) groups is 2. The number of nitriles is 1. The summed E-state index contributed by atoms with van der Waals surface area (Å²) >= 11 is 1.61. The number of carbonyl (C=O) groups excluding carboxylic acids is 2. The number of phenolic OH excluding ortho intramolecular Hbond substituents is 2. The zero-order valence-electron chi connectivity index (χ0n) is 24.5. The average Bonchev–Trinajstić information content (AvgIpc) is 3.44. The van der Waals surface area contributed by atoms with Crippen LogP contribution in [0.15, 0.2) is 6.07 Å². The van der Waals surface area contributed by atoms with Crippen molar-refractivity contribution in [2.75, 3.05) is 26.2 Å². The fourth-order valence-corrected chi connectivity index (χ4v) is 8.77. The van der Waals surface area contributed by atoms with Crippen LogP contribution in [0.4, 0.5) is 4.79 Å². The number of fused-ring (bicyclic) bond motifs is 9. The van der Waals surface area contributed by atoms with Crippen molar-refractivity contribution < 1.29 is 38.7 Å². The molecule has 4 heterocycles. The summed E-state index contributed by atoms with van der Waals surface area (Å²) in [5.41, 5.74) is 9.32. The first kappa shape index (κ1) is 29.2. The number of piperazine rings is 1. The highest BCUT2D eigenvalue weighted by atomic mass is 32.2. The second-order valence-corrected chi connectivity index (χ2v) is 12.7. The first-order chi connectivity index (χ1) is 20.5. The zero-order chi connectivity index (χ0) is 30.9. The number of amides is 1. The number of hydrogen-bond donors (Lipinski definition) is 3. The topological polar surface area (TPSA) is 168 Å². The van der Waals surface area contributed by atoms with Crippen LogP contribution in [0.5, 0.6) is 28.7 Å². The van der Waals surface area contributed by atoms with Crippen LogP contribution in [0, 0.1) is 25.2 Å². The van der Waals surface area contributed by atoms with Gasteiger partial charge in [0.1, 0.15) is 18.4 Å². The lowest BCUT2D eigenvalue weighted by Gasteiger charge is -2.61. The van der Waals surface area contributed by atoms with Crippen molar-refractivity contribution in [1.82, 2.24) is 9.80 Å². The van der Waals surface area contributed by atoms with Gasteiger partial charge in [0.15, 0.2) is 23.0 Å². The van der Waals surface area contributed by atoms with Gasteiger partial charge in [-0.3, -0.25) is 14.6 Å². The highest BCUT2D eigenvalue weighted by molar-refractivity contribution is 7.99. The van der Waals surface area contributed by atoms with Crippen LogP contribution in [-0.4, -0.2) is 76.4 Å². The molecule has 0 aromatic heterocycles. The first-order valence-corrected chi connectivity index (χ1v) is 15.2. The third-order valence-electron chi connectivity index (χ3n) is 9.10. The minimum Gasteiger partial charge on any atom is -0.504 e. The fraction of sp³-hybridized carbons (Fsp3) is 0.500. The number of ether oxygens (including phenoxy) is 4. The van der Waals surface area contributed by atoms with Gasteiger partial charge in [-0.25, -0.2) is 4.79 Å². The third kappa shape index (κ3) is 4.26. The standard InChI is InChI=1S/C30H34N4O8S/c1-6-43-29-21-20(28-27(40-11-41-28)13(3)26(21)42-14(4)35)18(10-39-30(32)38)34-17(9-31)16-8-15-7-12(2)24(36)25(37)19(15)22(23(29)34)33(16)5/h7,16-18,22-23,29,36-37H,6,8,10-11H2,1-5H3,(H2,32,38)/t16-,17-,18-,22+,23?,29+/m0/s1. The predicted molar refractivity (Wildman–Crippen MR) is 155 cm³/mol. The van der Waals surface area contributed by atoms with E-state index in [2.05, 4.69) is 11.0 Å². The Hall–Kier alpha value is -3.86. The number of rotatable bonds is 5. The summed E-state index contributed by atoms with van der Waals surface area (Å²) in [6.45, 7) is 6.61. The molecule has 0 saturated carbocycles. The molecule has 13 heteroatoms. The van der Waals surface area contributed by atoms with E-state index in [1.165, 1.54) is 6.92 Å². The fourth-order valence-electron chi connectivity index (χ4n) is 7.53. The molecule has 228 valence electrons. The number of nitrogens with two attached hydrogens (primary N) is 1. The highest BCUT2D eigenvalue weighted by Crippen LogP contribution is 2.63. The summed E-state index contributed by atoms with van der Waals surface area (Å²) < 4.78 is 23.2. The summed E-state index contributed by atoms with van der Waals surface area (Å²) in [4.78, 5) is 28.6. The second kappa shape index (κ2) is 10.7. The lowest BCUT2D eigenvalue weighted by Crippen LogP contribution is -2.69. The normalized spacial score (nSPS) is 27.0. The van der Waals surface area contributed by atoms with Crippen molar-refractivity contribution >= 4 is 23.8 Å². The van der Waals surface area contributed by atoms with Gasteiger partial charge in [0.2, 0.25) is 6.79 Å². The van der Waals surface area contributed by atoms with Crippen LogP contribution in [0.2, 0.25) is 0 Å². The summed E-state index contributed by atoms with van der Waals surface area (Å²) in [6, 6.07) is 1.69. The van der Waals surface area contributed by atoms with Gasteiger partial charge in [0, 0.05) is 41.3 Å². The zero-order valence-corrected chi connectivity index (χ0v) is 25.4. The number of thioether (sulfide) groups is 1. The van der Waals surface area contributed by atoms with Crippen molar-refractivity contribution in [3.63, 3.8) is 0 Å². The highest BCUT2D eigenvalue weighted by Gasteiger charge is 2.60. The molecule has 4 aliphatic heterocycles.